The van der Waals surface area contributed by atoms with Crippen LogP contribution in [0.3, 0.4) is 0 Å². The van der Waals surface area contributed by atoms with Crippen LogP contribution in [0.15, 0.2) is 24.4 Å². The molecule has 0 radical (unpaired) electrons. The van der Waals surface area contributed by atoms with Crippen LogP contribution in [0.4, 0.5) is 0 Å². The SMILES string of the molecule is C[n+]1ccccc1C#N.[I-]. The highest BCUT2D eigenvalue weighted by molar-refractivity contribution is 5.12. The van der Waals surface area contributed by atoms with E-state index in [4.69, 9.17) is 5.26 Å². The van der Waals surface area contributed by atoms with Crippen LogP contribution in [0, 0.1) is 11.3 Å². The second-order valence-corrected chi connectivity index (χ2v) is 1.81. The normalized spacial score (nSPS) is 7.60. The third-order valence-electron chi connectivity index (χ3n) is 1.17. The molecule has 0 amide bonds. The second-order valence-electron chi connectivity index (χ2n) is 1.81. The van der Waals surface area contributed by atoms with Gasteiger partial charge in [-0.05, 0) is 6.07 Å². The van der Waals surface area contributed by atoms with Crippen LogP contribution in [0.25, 0.3) is 0 Å². The molecule has 10 heavy (non-hydrogen) atoms. The summed E-state index contributed by atoms with van der Waals surface area (Å²) < 4.78 is 1.78. The number of halogens is 1. The van der Waals surface area contributed by atoms with E-state index >= 15 is 0 Å². The molecule has 2 nitrogen and oxygen atoms in total. The van der Waals surface area contributed by atoms with Crippen molar-refractivity contribution in [3.63, 3.8) is 0 Å². The molecule has 3 heteroatoms. The molecule has 0 aliphatic heterocycles. The van der Waals surface area contributed by atoms with Gasteiger partial charge in [-0.2, -0.15) is 9.83 Å². The van der Waals surface area contributed by atoms with E-state index in [-0.39, 0.29) is 24.0 Å². The van der Waals surface area contributed by atoms with Gasteiger partial charge in [0.2, 0.25) is 0 Å². The fourth-order valence-corrected chi connectivity index (χ4v) is 0.639. The minimum atomic E-state index is 0. The Balaban J connectivity index is 0.000000810. The average molecular weight is 246 g/mol. The molecule has 0 bridgehead atoms. The average Bonchev–Trinajstić information content (AvgIpc) is 1.89. The van der Waals surface area contributed by atoms with Crippen molar-refractivity contribution in [2.24, 2.45) is 7.05 Å². The zero-order valence-electron chi connectivity index (χ0n) is 5.58. The summed E-state index contributed by atoms with van der Waals surface area (Å²) in [6.07, 6.45) is 1.85. The van der Waals surface area contributed by atoms with Crippen molar-refractivity contribution in [3.8, 4) is 6.07 Å². The standard InChI is InChI=1S/C7H7N2.HI/c1-9-5-3-2-4-7(9)6-8;/h2-5H,1H3;1H/q+1;/p-1. The highest BCUT2D eigenvalue weighted by Crippen LogP contribution is 1.84. The fraction of sp³-hybridized carbons (Fsp3) is 0.143. The molecule has 0 unspecified atom stereocenters. The van der Waals surface area contributed by atoms with Crippen LogP contribution >= 0.6 is 0 Å². The Morgan fingerprint density at radius 1 is 1.50 bits per heavy atom. The lowest BCUT2D eigenvalue weighted by Gasteiger charge is -1.84. The smallest absolute Gasteiger partial charge is 0.283 e. The lowest BCUT2D eigenvalue weighted by Crippen LogP contribution is -3.00. The van der Waals surface area contributed by atoms with Gasteiger partial charge in [-0.3, -0.25) is 0 Å². The minimum Gasteiger partial charge on any atom is -1.00 e. The van der Waals surface area contributed by atoms with E-state index in [1.54, 1.807) is 10.6 Å². The topological polar surface area (TPSA) is 27.7 Å². The molecule has 0 N–H and O–H groups in total. The van der Waals surface area contributed by atoms with Gasteiger partial charge in [-0.15, -0.1) is 0 Å². The Kier molecular flexibility index (Phi) is 3.96. The van der Waals surface area contributed by atoms with E-state index in [0.29, 0.717) is 5.69 Å². The van der Waals surface area contributed by atoms with Gasteiger partial charge in [0.15, 0.2) is 12.3 Å². The molecule has 1 rings (SSSR count). The predicted molar refractivity (Wildman–Crippen MR) is 32.3 cm³/mol. The third kappa shape index (κ3) is 1.95. The predicted octanol–water partition coefficient (Wildman–Crippen LogP) is -2.61. The molecule has 0 aliphatic carbocycles. The molecule has 0 aliphatic rings. The van der Waals surface area contributed by atoms with E-state index in [1.165, 1.54) is 0 Å². The van der Waals surface area contributed by atoms with Gasteiger partial charge in [0, 0.05) is 12.1 Å². The van der Waals surface area contributed by atoms with Crippen molar-refractivity contribution in [1.29, 1.82) is 5.26 Å². The molecule has 1 aromatic heterocycles. The maximum absolute atomic E-state index is 8.45. The number of aryl methyl sites for hydroxylation is 1. The molecule has 52 valence electrons. The van der Waals surface area contributed by atoms with Crippen molar-refractivity contribution < 1.29 is 28.5 Å². The summed E-state index contributed by atoms with van der Waals surface area (Å²) in [6, 6.07) is 7.57. The molecule has 0 aromatic carbocycles. The number of hydrogen-bond acceptors (Lipinski definition) is 1. The second kappa shape index (κ2) is 4.23. The summed E-state index contributed by atoms with van der Waals surface area (Å²) in [6.45, 7) is 0. The van der Waals surface area contributed by atoms with Crippen LogP contribution in [-0.2, 0) is 7.05 Å². The first-order valence-electron chi connectivity index (χ1n) is 2.69. The van der Waals surface area contributed by atoms with Crippen molar-refractivity contribution in [2.45, 2.75) is 0 Å². The van der Waals surface area contributed by atoms with Crippen molar-refractivity contribution in [1.82, 2.24) is 0 Å². The summed E-state index contributed by atoms with van der Waals surface area (Å²) in [5, 5.41) is 8.45. The van der Waals surface area contributed by atoms with Crippen LogP contribution in [0.1, 0.15) is 5.69 Å². The number of nitriles is 1. The van der Waals surface area contributed by atoms with Gasteiger partial charge in [-0.1, -0.05) is 0 Å². The number of aromatic nitrogens is 1. The van der Waals surface area contributed by atoms with E-state index in [1.807, 2.05) is 25.4 Å². The number of rotatable bonds is 0. The Hall–Kier alpha value is -0.630. The van der Waals surface area contributed by atoms with E-state index in [2.05, 4.69) is 6.07 Å². The van der Waals surface area contributed by atoms with Crippen LogP contribution < -0.4 is 28.5 Å². The van der Waals surface area contributed by atoms with E-state index in [0.717, 1.165) is 0 Å². The summed E-state index contributed by atoms with van der Waals surface area (Å²) >= 11 is 0. The Labute approximate surface area is 77.1 Å². The van der Waals surface area contributed by atoms with Crippen molar-refractivity contribution in [3.05, 3.63) is 30.1 Å². The largest absolute Gasteiger partial charge is 1.00 e. The Bertz CT molecular complexity index is 252. The first-order chi connectivity index (χ1) is 4.34. The lowest BCUT2D eigenvalue weighted by atomic mass is 10.4. The molecule has 0 saturated carbocycles. The summed E-state index contributed by atoms with van der Waals surface area (Å²) in [5.41, 5.74) is 0.678. The van der Waals surface area contributed by atoms with Gasteiger partial charge < -0.3 is 24.0 Å². The van der Waals surface area contributed by atoms with E-state index < -0.39 is 0 Å². The number of pyridine rings is 1. The maximum atomic E-state index is 8.45. The lowest BCUT2D eigenvalue weighted by molar-refractivity contribution is -0.674. The first-order valence-corrected chi connectivity index (χ1v) is 2.69. The summed E-state index contributed by atoms with van der Waals surface area (Å²) in [5.74, 6) is 0. The molecule has 0 saturated heterocycles. The molecule has 1 heterocycles. The quantitative estimate of drug-likeness (QED) is 0.364. The highest BCUT2D eigenvalue weighted by atomic mass is 127. The van der Waals surface area contributed by atoms with Gasteiger partial charge in [0.05, 0.1) is 0 Å². The molecule has 0 atom stereocenters. The highest BCUT2D eigenvalue weighted by Gasteiger charge is 1.98. The van der Waals surface area contributed by atoms with Crippen molar-refractivity contribution in [2.75, 3.05) is 0 Å². The molecule has 1 aromatic rings. The molecular weight excluding hydrogens is 239 g/mol. The van der Waals surface area contributed by atoms with Gasteiger partial charge in [0.1, 0.15) is 7.05 Å². The van der Waals surface area contributed by atoms with Crippen LogP contribution in [0.2, 0.25) is 0 Å². The number of nitrogens with zero attached hydrogens (tertiary/aromatic N) is 2. The monoisotopic (exact) mass is 246 g/mol. The fourth-order valence-electron chi connectivity index (χ4n) is 0.639. The minimum absolute atomic E-state index is 0. The van der Waals surface area contributed by atoms with Gasteiger partial charge in [-0.25, -0.2) is 0 Å². The summed E-state index contributed by atoms with van der Waals surface area (Å²) in [7, 11) is 1.85. The number of hydrogen-bond donors (Lipinski definition) is 0. The van der Waals surface area contributed by atoms with Crippen LogP contribution in [-0.4, -0.2) is 0 Å². The van der Waals surface area contributed by atoms with Gasteiger partial charge >= 0.3 is 0 Å². The maximum Gasteiger partial charge on any atom is 0.283 e. The summed E-state index contributed by atoms with van der Waals surface area (Å²) in [4.78, 5) is 0. The zero-order valence-corrected chi connectivity index (χ0v) is 7.74. The van der Waals surface area contributed by atoms with Crippen LogP contribution in [0.5, 0.6) is 0 Å². The zero-order chi connectivity index (χ0) is 6.69. The van der Waals surface area contributed by atoms with Crippen molar-refractivity contribution >= 4 is 0 Å². The van der Waals surface area contributed by atoms with E-state index in [9.17, 15) is 0 Å². The van der Waals surface area contributed by atoms with Gasteiger partial charge in [0.25, 0.3) is 5.69 Å². The Morgan fingerprint density at radius 2 is 2.20 bits per heavy atom. The molecule has 0 fully saturated rings. The first kappa shape index (κ1) is 9.37. The Morgan fingerprint density at radius 3 is 2.60 bits per heavy atom. The molecular formula is C7H7IN2. The molecule has 0 spiro atoms. The third-order valence-corrected chi connectivity index (χ3v) is 1.17.